The van der Waals surface area contributed by atoms with Crippen molar-refractivity contribution in [3.63, 3.8) is 0 Å². The van der Waals surface area contributed by atoms with E-state index in [1.165, 1.54) is 11.5 Å². The molecule has 0 bridgehead atoms. The van der Waals surface area contributed by atoms with Crippen LogP contribution in [-0.4, -0.2) is 20.5 Å². The third-order valence-corrected chi connectivity index (χ3v) is 4.43. The van der Waals surface area contributed by atoms with Gasteiger partial charge in [0.1, 0.15) is 10.8 Å². The van der Waals surface area contributed by atoms with Gasteiger partial charge in [-0.2, -0.15) is 4.37 Å². The van der Waals surface area contributed by atoms with E-state index in [2.05, 4.69) is 21.1 Å². The van der Waals surface area contributed by atoms with Crippen LogP contribution in [-0.2, 0) is 6.42 Å². The number of imidazole rings is 1. The van der Waals surface area contributed by atoms with Gasteiger partial charge in [-0.25, -0.2) is 4.98 Å². The van der Waals surface area contributed by atoms with Gasteiger partial charge in [0.25, 0.3) is 0 Å². The molecule has 0 aliphatic heterocycles. The first-order valence-corrected chi connectivity index (χ1v) is 7.67. The van der Waals surface area contributed by atoms with E-state index in [0.717, 1.165) is 39.2 Å². The number of nitrogens with zero attached hydrogens (tertiary/aromatic N) is 3. The van der Waals surface area contributed by atoms with Gasteiger partial charge in [0.15, 0.2) is 0 Å². The Morgan fingerprint density at radius 2 is 1.76 bits per heavy atom. The first-order valence-electron chi connectivity index (χ1n) is 6.89. The first kappa shape index (κ1) is 12.5. The molecule has 0 aliphatic carbocycles. The maximum absolute atomic E-state index is 5.75. The van der Waals surface area contributed by atoms with E-state index in [9.17, 15) is 0 Å². The van der Waals surface area contributed by atoms with Crippen molar-refractivity contribution in [2.45, 2.75) is 6.42 Å². The van der Waals surface area contributed by atoms with Crippen LogP contribution in [0.1, 0.15) is 5.82 Å². The van der Waals surface area contributed by atoms with Gasteiger partial charge in [-0.3, -0.25) is 4.57 Å². The Labute approximate surface area is 126 Å². The summed E-state index contributed by atoms with van der Waals surface area (Å²) < 4.78 is 6.74. The highest BCUT2D eigenvalue weighted by Gasteiger charge is 2.15. The fraction of sp³-hybridized carbons (Fsp3) is 0.125. The number of aromatic nitrogens is 3. The second-order valence-electron chi connectivity index (χ2n) is 4.90. The van der Waals surface area contributed by atoms with Crippen molar-refractivity contribution >= 4 is 33.5 Å². The number of nitrogens with two attached hydrogens (primary N) is 1. The van der Waals surface area contributed by atoms with E-state index in [4.69, 9.17) is 10.7 Å². The normalized spacial score (nSPS) is 11.5. The second kappa shape index (κ2) is 4.95. The Morgan fingerprint density at radius 1 is 1.00 bits per heavy atom. The van der Waals surface area contributed by atoms with Gasteiger partial charge in [0, 0.05) is 11.8 Å². The highest BCUT2D eigenvalue weighted by Crippen LogP contribution is 2.30. The predicted octanol–water partition coefficient (Wildman–Crippen LogP) is 3.14. The quantitative estimate of drug-likeness (QED) is 0.631. The van der Waals surface area contributed by atoms with Crippen LogP contribution >= 0.6 is 11.5 Å². The van der Waals surface area contributed by atoms with E-state index in [1.807, 2.05) is 36.4 Å². The lowest BCUT2D eigenvalue weighted by Crippen LogP contribution is -2.08. The zero-order chi connectivity index (χ0) is 14.2. The molecule has 0 atom stereocenters. The number of hydrogen-bond donors (Lipinski definition) is 1. The number of fused-ring (bicyclic) bond motifs is 2. The van der Waals surface area contributed by atoms with E-state index >= 15 is 0 Å². The topological polar surface area (TPSA) is 56.7 Å². The van der Waals surface area contributed by atoms with Crippen molar-refractivity contribution in [2.24, 2.45) is 5.73 Å². The van der Waals surface area contributed by atoms with Crippen LogP contribution < -0.4 is 5.73 Å². The summed E-state index contributed by atoms with van der Waals surface area (Å²) in [4.78, 5) is 4.73. The summed E-state index contributed by atoms with van der Waals surface area (Å²) in [7, 11) is 0. The van der Waals surface area contributed by atoms with Crippen molar-refractivity contribution in [3.05, 3.63) is 54.4 Å². The molecule has 5 heteroatoms. The van der Waals surface area contributed by atoms with Gasteiger partial charge in [-0.1, -0.05) is 24.3 Å². The highest BCUT2D eigenvalue weighted by atomic mass is 32.1. The van der Waals surface area contributed by atoms with Crippen LogP contribution in [0.5, 0.6) is 0 Å². The number of benzene rings is 2. The molecule has 0 unspecified atom stereocenters. The van der Waals surface area contributed by atoms with Crippen molar-refractivity contribution in [2.75, 3.05) is 6.54 Å². The van der Waals surface area contributed by atoms with E-state index < -0.39 is 0 Å². The van der Waals surface area contributed by atoms with Gasteiger partial charge in [0.05, 0.1) is 16.6 Å². The molecule has 0 amide bonds. The SMILES string of the molecule is NCCc1nc2ccccc2n1-c1snc2ccccc12. The van der Waals surface area contributed by atoms with Crippen LogP contribution in [0.3, 0.4) is 0 Å². The molecule has 2 aromatic heterocycles. The lowest BCUT2D eigenvalue weighted by molar-refractivity contribution is 0.856. The summed E-state index contributed by atoms with van der Waals surface area (Å²) in [6.07, 6.45) is 0.751. The average molecular weight is 294 g/mol. The predicted molar refractivity (Wildman–Crippen MR) is 87.0 cm³/mol. The Morgan fingerprint density at radius 3 is 2.62 bits per heavy atom. The summed E-state index contributed by atoms with van der Waals surface area (Å²) in [5, 5.41) is 2.27. The molecule has 2 heterocycles. The molecule has 21 heavy (non-hydrogen) atoms. The molecule has 4 nitrogen and oxygen atoms in total. The molecule has 4 aromatic rings. The minimum atomic E-state index is 0.583. The van der Waals surface area contributed by atoms with Crippen molar-refractivity contribution in [3.8, 4) is 5.00 Å². The molecule has 0 saturated heterocycles. The lowest BCUT2D eigenvalue weighted by atomic mass is 10.2. The first-order chi connectivity index (χ1) is 10.4. The summed E-state index contributed by atoms with van der Waals surface area (Å²) in [5.74, 6) is 0.994. The monoisotopic (exact) mass is 294 g/mol. The summed E-state index contributed by atoms with van der Waals surface area (Å²) >= 11 is 1.51. The van der Waals surface area contributed by atoms with Gasteiger partial charge in [0.2, 0.25) is 0 Å². The van der Waals surface area contributed by atoms with Gasteiger partial charge >= 0.3 is 0 Å². The Balaban J connectivity index is 2.06. The van der Waals surface area contributed by atoms with Crippen LogP contribution in [0, 0.1) is 0 Å². The lowest BCUT2D eigenvalue weighted by Gasteiger charge is -2.06. The zero-order valence-corrected chi connectivity index (χ0v) is 12.2. The van der Waals surface area contributed by atoms with Crippen molar-refractivity contribution in [1.29, 1.82) is 0 Å². The number of para-hydroxylation sites is 2. The Bertz CT molecular complexity index is 922. The van der Waals surface area contributed by atoms with Crippen LogP contribution in [0.15, 0.2) is 48.5 Å². The van der Waals surface area contributed by atoms with Crippen LogP contribution in [0.4, 0.5) is 0 Å². The third kappa shape index (κ3) is 1.93. The minimum absolute atomic E-state index is 0.583. The molecule has 4 rings (SSSR count). The smallest absolute Gasteiger partial charge is 0.130 e. The van der Waals surface area contributed by atoms with E-state index in [0.29, 0.717) is 6.54 Å². The molecular formula is C16H14N4S. The van der Waals surface area contributed by atoms with Gasteiger partial charge < -0.3 is 5.73 Å². The molecule has 2 aromatic carbocycles. The fourth-order valence-electron chi connectivity index (χ4n) is 2.64. The minimum Gasteiger partial charge on any atom is -0.330 e. The van der Waals surface area contributed by atoms with Gasteiger partial charge in [-0.05, 0) is 42.3 Å². The maximum atomic E-state index is 5.75. The molecule has 0 spiro atoms. The maximum Gasteiger partial charge on any atom is 0.130 e. The number of rotatable bonds is 3. The summed E-state index contributed by atoms with van der Waals surface area (Å²) in [6.45, 7) is 0.583. The molecule has 0 saturated carbocycles. The van der Waals surface area contributed by atoms with E-state index in [1.54, 1.807) is 0 Å². The molecule has 0 radical (unpaired) electrons. The molecule has 0 fully saturated rings. The zero-order valence-electron chi connectivity index (χ0n) is 11.4. The molecule has 0 aliphatic rings. The molecular weight excluding hydrogens is 280 g/mol. The standard InChI is InChI=1S/C16H14N4S/c17-10-9-15-18-13-7-3-4-8-14(13)20(15)16-11-5-1-2-6-12(11)19-21-16/h1-8H,9-10,17H2. The summed E-state index contributed by atoms with van der Waals surface area (Å²) in [5.41, 5.74) is 8.88. The third-order valence-electron chi connectivity index (χ3n) is 3.57. The van der Waals surface area contributed by atoms with Crippen molar-refractivity contribution in [1.82, 2.24) is 13.9 Å². The number of hydrogen-bond acceptors (Lipinski definition) is 4. The summed E-state index contributed by atoms with van der Waals surface area (Å²) in [6, 6.07) is 16.4. The second-order valence-corrected chi connectivity index (χ2v) is 5.65. The van der Waals surface area contributed by atoms with E-state index in [-0.39, 0.29) is 0 Å². The molecule has 2 N–H and O–H groups in total. The Hall–Kier alpha value is -2.24. The van der Waals surface area contributed by atoms with Crippen LogP contribution in [0.25, 0.3) is 26.9 Å². The van der Waals surface area contributed by atoms with Crippen LogP contribution in [0.2, 0.25) is 0 Å². The van der Waals surface area contributed by atoms with Gasteiger partial charge in [-0.15, -0.1) is 0 Å². The molecule has 104 valence electrons. The average Bonchev–Trinajstić information content (AvgIpc) is 3.08. The largest absolute Gasteiger partial charge is 0.330 e. The fourth-order valence-corrected chi connectivity index (χ4v) is 3.54. The Kier molecular flexibility index (Phi) is 2.94. The van der Waals surface area contributed by atoms with Crippen molar-refractivity contribution < 1.29 is 0 Å². The highest BCUT2D eigenvalue weighted by molar-refractivity contribution is 7.10.